The first kappa shape index (κ1) is 22.4. The summed E-state index contributed by atoms with van der Waals surface area (Å²) < 4.78 is 44.4. The van der Waals surface area contributed by atoms with Crippen molar-refractivity contribution in [2.45, 2.75) is 20.0 Å². The standard InChI is InChI=1S/C21H22F3N3O4/c1-12-16(20(30)31-3)13(2)25-17(12)19(29)27-10-8-26(9-11-27)18(28)14-6-4-5-7-15(14)21(22,23)24/h4-7,25H,8-11H2,1-3H3. The number of nitrogens with zero attached hydrogens (tertiary/aromatic N) is 2. The fraction of sp³-hybridized carbons (Fsp3) is 0.381. The lowest BCUT2D eigenvalue weighted by molar-refractivity contribution is -0.138. The molecule has 3 rings (SSSR count). The van der Waals surface area contributed by atoms with E-state index in [1.54, 1.807) is 13.8 Å². The number of ether oxygens (including phenoxy) is 1. The predicted octanol–water partition coefficient (Wildman–Crippen LogP) is 3.04. The maximum atomic E-state index is 13.2. The molecule has 0 unspecified atom stereocenters. The van der Waals surface area contributed by atoms with Crippen molar-refractivity contribution in [3.05, 3.63) is 57.9 Å². The molecular weight excluding hydrogens is 415 g/mol. The SMILES string of the molecule is COC(=O)c1c(C)[nH]c(C(=O)N2CCN(C(=O)c3ccccc3C(F)(F)F)CC2)c1C. The van der Waals surface area contributed by atoms with Crippen molar-refractivity contribution in [2.75, 3.05) is 33.3 Å². The Labute approximate surface area is 176 Å². The first-order valence-electron chi connectivity index (χ1n) is 9.58. The van der Waals surface area contributed by atoms with Gasteiger partial charge in [-0.1, -0.05) is 12.1 Å². The van der Waals surface area contributed by atoms with Crippen LogP contribution < -0.4 is 0 Å². The number of halogens is 3. The first-order valence-corrected chi connectivity index (χ1v) is 9.58. The maximum Gasteiger partial charge on any atom is 0.417 e. The van der Waals surface area contributed by atoms with E-state index < -0.39 is 29.2 Å². The number of benzene rings is 1. The van der Waals surface area contributed by atoms with Crippen LogP contribution in [0.15, 0.2) is 24.3 Å². The number of amides is 2. The number of H-pyrrole nitrogens is 1. The third-order valence-electron chi connectivity index (χ3n) is 5.36. The highest BCUT2D eigenvalue weighted by Gasteiger charge is 2.37. The summed E-state index contributed by atoms with van der Waals surface area (Å²) >= 11 is 0. The summed E-state index contributed by atoms with van der Waals surface area (Å²) in [4.78, 5) is 43.3. The average molecular weight is 437 g/mol. The van der Waals surface area contributed by atoms with Gasteiger partial charge in [-0.2, -0.15) is 13.2 Å². The van der Waals surface area contributed by atoms with Crippen LogP contribution in [0.1, 0.15) is 48.0 Å². The molecular formula is C21H22F3N3O4. The van der Waals surface area contributed by atoms with Gasteiger partial charge < -0.3 is 19.5 Å². The van der Waals surface area contributed by atoms with E-state index in [9.17, 15) is 27.6 Å². The fourth-order valence-corrected chi connectivity index (χ4v) is 3.73. The predicted molar refractivity (Wildman–Crippen MR) is 105 cm³/mol. The molecule has 2 aromatic rings. The van der Waals surface area contributed by atoms with Crippen molar-refractivity contribution in [1.82, 2.24) is 14.8 Å². The lowest BCUT2D eigenvalue weighted by atomic mass is 10.1. The zero-order valence-corrected chi connectivity index (χ0v) is 17.3. The Hall–Kier alpha value is -3.30. The van der Waals surface area contributed by atoms with Gasteiger partial charge in [0, 0.05) is 31.9 Å². The smallest absolute Gasteiger partial charge is 0.417 e. The van der Waals surface area contributed by atoms with Crippen molar-refractivity contribution in [1.29, 1.82) is 0 Å². The monoisotopic (exact) mass is 437 g/mol. The molecule has 0 radical (unpaired) electrons. The topological polar surface area (TPSA) is 82.7 Å². The number of aromatic nitrogens is 1. The second-order valence-electron chi connectivity index (χ2n) is 7.24. The number of aromatic amines is 1. The number of aryl methyl sites for hydroxylation is 1. The molecule has 0 bridgehead atoms. The minimum absolute atomic E-state index is 0.0966. The van der Waals surface area contributed by atoms with Crippen molar-refractivity contribution >= 4 is 17.8 Å². The highest BCUT2D eigenvalue weighted by molar-refractivity contribution is 6.01. The second-order valence-corrected chi connectivity index (χ2v) is 7.24. The van der Waals surface area contributed by atoms with E-state index in [1.165, 1.54) is 29.0 Å². The third kappa shape index (κ3) is 4.28. The van der Waals surface area contributed by atoms with Gasteiger partial charge in [-0.3, -0.25) is 9.59 Å². The Bertz CT molecular complexity index is 1020. The van der Waals surface area contributed by atoms with E-state index in [-0.39, 0.29) is 37.8 Å². The van der Waals surface area contributed by atoms with Gasteiger partial charge in [0.1, 0.15) is 5.69 Å². The molecule has 1 aromatic heterocycles. The Morgan fingerprint density at radius 2 is 1.52 bits per heavy atom. The lowest BCUT2D eigenvalue weighted by Crippen LogP contribution is -2.51. The number of hydrogen-bond acceptors (Lipinski definition) is 4. The molecule has 2 heterocycles. The molecule has 1 saturated heterocycles. The molecule has 2 amide bonds. The van der Waals surface area contributed by atoms with Gasteiger partial charge in [0.2, 0.25) is 0 Å². The molecule has 31 heavy (non-hydrogen) atoms. The van der Waals surface area contributed by atoms with Crippen LogP contribution in [0.2, 0.25) is 0 Å². The average Bonchev–Trinajstić information content (AvgIpc) is 3.05. The van der Waals surface area contributed by atoms with Crippen LogP contribution >= 0.6 is 0 Å². The number of rotatable bonds is 3. The molecule has 1 aliphatic rings. The summed E-state index contributed by atoms with van der Waals surface area (Å²) in [6, 6.07) is 4.65. The number of nitrogens with one attached hydrogen (secondary N) is 1. The molecule has 1 fully saturated rings. The minimum Gasteiger partial charge on any atom is -0.465 e. The third-order valence-corrected chi connectivity index (χ3v) is 5.36. The molecule has 0 saturated carbocycles. The van der Waals surface area contributed by atoms with Gasteiger partial charge in [0.25, 0.3) is 11.8 Å². The summed E-state index contributed by atoms with van der Waals surface area (Å²) in [6.07, 6.45) is -4.63. The molecule has 1 aromatic carbocycles. The van der Waals surface area contributed by atoms with Crippen LogP contribution in [-0.4, -0.2) is 65.9 Å². The highest BCUT2D eigenvalue weighted by atomic mass is 19.4. The van der Waals surface area contributed by atoms with Gasteiger partial charge in [-0.05, 0) is 31.5 Å². The second kappa shape index (κ2) is 8.44. The van der Waals surface area contributed by atoms with Gasteiger partial charge in [-0.25, -0.2) is 4.79 Å². The normalized spacial score (nSPS) is 14.5. The minimum atomic E-state index is -4.63. The number of hydrogen-bond donors (Lipinski definition) is 1. The van der Waals surface area contributed by atoms with Crippen molar-refractivity contribution in [2.24, 2.45) is 0 Å². The van der Waals surface area contributed by atoms with Crippen molar-refractivity contribution < 1.29 is 32.3 Å². The zero-order valence-electron chi connectivity index (χ0n) is 17.3. The molecule has 0 spiro atoms. The number of alkyl halides is 3. The van der Waals surface area contributed by atoms with E-state index in [2.05, 4.69) is 4.98 Å². The Morgan fingerprint density at radius 3 is 2.06 bits per heavy atom. The zero-order chi connectivity index (χ0) is 22.9. The molecule has 1 aliphatic heterocycles. The quantitative estimate of drug-likeness (QED) is 0.749. The summed E-state index contributed by atoms with van der Waals surface area (Å²) in [5, 5.41) is 0. The number of esters is 1. The van der Waals surface area contributed by atoms with Crippen LogP contribution in [-0.2, 0) is 10.9 Å². The molecule has 1 N–H and O–H groups in total. The summed E-state index contributed by atoms with van der Waals surface area (Å²) in [5.41, 5.74) is 0.125. The highest BCUT2D eigenvalue weighted by Crippen LogP contribution is 2.32. The van der Waals surface area contributed by atoms with E-state index in [0.717, 1.165) is 12.1 Å². The summed E-state index contributed by atoms with van der Waals surface area (Å²) in [6.45, 7) is 3.80. The molecule has 7 nitrogen and oxygen atoms in total. The Balaban J connectivity index is 1.73. The largest absolute Gasteiger partial charge is 0.465 e. The van der Waals surface area contributed by atoms with Gasteiger partial charge in [-0.15, -0.1) is 0 Å². The van der Waals surface area contributed by atoms with Gasteiger partial charge >= 0.3 is 12.1 Å². The van der Waals surface area contributed by atoms with Crippen molar-refractivity contribution in [3.63, 3.8) is 0 Å². The lowest BCUT2D eigenvalue weighted by Gasteiger charge is -2.35. The molecule has 10 heteroatoms. The van der Waals surface area contributed by atoms with E-state index >= 15 is 0 Å². The van der Waals surface area contributed by atoms with Gasteiger partial charge in [0.05, 0.1) is 23.8 Å². The molecule has 0 aliphatic carbocycles. The van der Waals surface area contributed by atoms with E-state index in [1.807, 2.05) is 0 Å². The fourth-order valence-electron chi connectivity index (χ4n) is 3.73. The summed E-state index contributed by atoms with van der Waals surface area (Å²) in [7, 11) is 1.25. The number of carbonyl (C=O) groups is 3. The Kier molecular flexibility index (Phi) is 6.10. The van der Waals surface area contributed by atoms with Crippen LogP contribution in [0.3, 0.4) is 0 Å². The summed E-state index contributed by atoms with van der Waals surface area (Å²) in [5.74, 6) is -1.62. The van der Waals surface area contributed by atoms with Crippen molar-refractivity contribution in [3.8, 4) is 0 Å². The maximum absolute atomic E-state index is 13.2. The Morgan fingerprint density at radius 1 is 0.968 bits per heavy atom. The number of piperazine rings is 1. The van der Waals surface area contributed by atoms with E-state index in [4.69, 9.17) is 4.74 Å². The van der Waals surface area contributed by atoms with Crippen LogP contribution in [0.5, 0.6) is 0 Å². The molecule has 0 atom stereocenters. The van der Waals surface area contributed by atoms with Crippen LogP contribution in [0.25, 0.3) is 0 Å². The van der Waals surface area contributed by atoms with E-state index in [0.29, 0.717) is 16.8 Å². The number of carbonyl (C=O) groups excluding carboxylic acids is 3. The number of methoxy groups -OCH3 is 1. The van der Waals surface area contributed by atoms with Crippen LogP contribution in [0.4, 0.5) is 13.2 Å². The van der Waals surface area contributed by atoms with Gasteiger partial charge in [0.15, 0.2) is 0 Å². The first-order chi connectivity index (χ1) is 14.6. The molecule has 166 valence electrons. The van der Waals surface area contributed by atoms with Crippen LogP contribution in [0, 0.1) is 13.8 Å².